The molecule has 1 aromatic carbocycles. The Labute approximate surface area is 197 Å². The van der Waals surface area contributed by atoms with Gasteiger partial charge in [0, 0.05) is 24.8 Å². The van der Waals surface area contributed by atoms with Crippen LogP contribution in [0.15, 0.2) is 12.1 Å². The average molecular weight is 462 g/mol. The monoisotopic (exact) mass is 461 g/mol. The molecular formula is C26H39NO6. The van der Waals surface area contributed by atoms with E-state index in [4.69, 9.17) is 14.2 Å². The van der Waals surface area contributed by atoms with Crippen LogP contribution < -0.4 is 10.1 Å². The maximum absolute atomic E-state index is 13.1. The summed E-state index contributed by atoms with van der Waals surface area (Å²) in [5.74, 6) is -0.308. The van der Waals surface area contributed by atoms with Gasteiger partial charge < -0.3 is 19.5 Å². The largest absolute Gasteiger partial charge is 0.433 e. The average Bonchev–Trinajstić information content (AvgIpc) is 2.65. The maximum Gasteiger partial charge on any atom is 0.309 e. The maximum atomic E-state index is 13.1. The molecule has 0 radical (unpaired) electrons. The summed E-state index contributed by atoms with van der Waals surface area (Å²) >= 11 is 0. The third kappa shape index (κ3) is 6.56. The zero-order valence-corrected chi connectivity index (χ0v) is 21.4. The van der Waals surface area contributed by atoms with Crippen molar-refractivity contribution in [2.75, 3.05) is 0 Å². The van der Waals surface area contributed by atoms with E-state index in [0.29, 0.717) is 5.75 Å². The van der Waals surface area contributed by atoms with E-state index in [-0.39, 0.29) is 30.3 Å². The Kier molecular flexibility index (Phi) is 8.69. The minimum absolute atomic E-state index is 0.0541. The first kappa shape index (κ1) is 26.8. The third-order valence-corrected chi connectivity index (χ3v) is 6.56. The lowest BCUT2D eigenvalue weighted by Crippen LogP contribution is -2.58. The van der Waals surface area contributed by atoms with Crippen LogP contribution in [-0.4, -0.2) is 36.3 Å². The highest BCUT2D eigenvalue weighted by Crippen LogP contribution is 2.39. The van der Waals surface area contributed by atoms with E-state index in [1.54, 1.807) is 0 Å². The highest BCUT2D eigenvalue weighted by atomic mass is 16.7. The number of aryl methyl sites for hydroxylation is 2. The van der Waals surface area contributed by atoms with Crippen LogP contribution in [0, 0.1) is 25.7 Å². The molecule has 1 fully saturated rings. The number of rotatable bonds is 7. The molecule has 0 aliphatic carbocycles. The quantitative estimate of drug-likeness (QED) is 0.479. The molecule has 7 heteroatoms. The number of esters is 2. The van der Waals surface area contributed by atoms with Gasteiger partial charge in [-0.15, -0.1) is 0 Å². The van der Waals surface area contributed by atoms with Crippen molar-refractivity contribution < 1.29 is 28.6 Å². The van der Waals surface area contributed by atoms with Crippen molar-refractivity contribution in [2.24, 2.45) is 11.8 Å². The third-order valence-electron chi connectivity index (χ3n) is 6.56. The summed E-state index contributed by atoms with van der Waals surface area (Å²) in [4.78, 5) is 36.6. The second-order valence-electron chi connectivity index (χ2n) is 9.99. The molecule has 5 atom stereocenters. The standard InChI is InChI=1S/C26H39NO6/c1-10-20-16(4)17(5)24(27-18(6)28)25(32-20)33-22(30)13-26(8,9)23-15(3)11-14(2)12-21(23)31-19(7)29/h11-12,16-17,20,24-25H,10,13H2,1-9H3,(H,27,28)/t16-,17-,20?,24?,25?/m0/s1. The van der Waals surface area contributed by atoms with Crippen LogP contribution in [0.2, 0.25) is 0 Å². The summed E-state index contributed by atoms with van der Waals surface area (Å²) < 4.78 is 17.4. The normalized spacial score (nSPS) is 25.3. The Hall–Kier alpha value is -2.41. The number of benzene rings is 1. The SMILES string of the molecule is CCC1OC(OC(=O)CC(C)(C)c2c(C)cc(C)cc2OC(C)=O)C(NC(C)=O)[C@@H](C)[C@@H]1C. The van der Waals surface area contributed by atoms with Gasteiger partial charge in [0.25, 0.3) is 0 Å². The zero-order valence-electron chi connectivity index (χ0n) is 21.4. The Bertz CT molecular complexity index is 893. The molecule has 3 unspecified atom stereocenters. The fourth-order valence-electron chi connectivity index (χ4n) is 4.95. The van der Waals surface area contributed by atoms with Gasteiger partial charge in [-0.05, 0) is 49.3 Å². The summed E-state index contributed by atoms with van der Waals surface area (Å²) in [7, 11) is 0. The summed E-state index contributed by atoms with van der Waals surface area (Å²) in [6.07, 6.45) is -0.0869. The van der Waals surface area contributed by atoms with Gasteiger partial charge in [-0.25, -0.2) is 0 Å². The first-order chi connectivity index (χ1) is 15.3. The lowest BCUT2D eigenvalue weighted by Gasteiger charge is -2.44. The topological polar surface area (TPSA) is 90.9 Å². The highest BCUT2D eigenvalue weighted by molar-refractivity contribution is 5.75. The van der Waals surface area contributed by atoms with E-state index >= 15 is 0 Å². The molecule has 33 heavy (non-hydrogen) atoms. The highest BCUT2D eigenvalue weighted by Gasteiger charge is 2.44. The molecule has 184 valence electrons. The number of ether oxygens (including phenoxy) is 3. The van der Waals surface area contributed by atoms with Crippen molar-refractivity contribution in [2.45, 2.75) is 99.0 Å². The van der Waals surface area contributed by atoms with Gasteiger partial charge in [-0.2, -0.15) is 0 Å². The Morgan fingerprint density at radius 2 is 1.73 bits per heavy atom. The molecule has 1 aromatic rings. The lowest BCUT2D eigenvalue weighted by molar-refractivity contribution is -0.233. The fourth-order valence-corrected chi connectivity index (χ4v) is 4.95. The van der Waals surface area contributed by atoms with Crippen LogP contribution in [0.1, 0.15) is 78.0 Å². The van der Waals surface area contributed by atoms with E-state index in [1.165, 1.54) is 13.8 Å². The second-order valence-corrected chi connectivity index (χ2v) is 9.99. The molecule has 1 aliphatic rings. The minimum Gasteiger partial charge on any atom is -0.433 e. The van der Waals surface area contributed by atoms with E-state index < -0.39 is 29.7 Å². The first-order valence-electron chi connectivity index (χ1n) is 11.7. The van der Waals surface area contributed by atoms with Gasteiger partial charge in [0.15, 0.2) is 0 Å². The van der Waals surface area contributed by atoms with Crippen LogP contribution in [0.5, 0.6) is 5.75 Å². The summed E-state index contributed by atoms with van der Waals surface area (Å²) in [5, 5.41) is 2.90. The van der Waals surface area contributed by atoms with Crippen LogP contribution >= 0.6 is 0 Å². The van der Waals surface area contributed by atoms with E-state index in [1.807, 2.05) is 53.7 Å². The number of nitrogens with one attached hydrogen (secondary N) is 1. The number of carbonyl (C=O) groups is 3. The second kappa shape index (κ2) is 10.7. The molecule has 0 saturated carbocycles. The van der Waals surface area contributed by atoms with E-state index in [2.05, 4.69) is 12.2 Å². The Balaban J connectivity index is 2.28. The van der Waals surface area contributed by atoms with E-state index in [0.717, 1.165) is 23.1 Å². The van der Waals surface area contributed by atoms with Crippen LogP contribution in [-0.2, 0) is 29.3 Å². The van der Waals surface area contributed by atoms with Gasteiger partial charge in [0.05, 0.1) is 18.6 Å². The molecule has 0 bridgehead atoms. The Morgan fingerprint density at radius 3 is 2.27 bits per heavy atom. The zero-order chi connectivity index (χ0) is 25.1. The molecule has 0 spiro atoms. The predicted octanol–water partition coefficient (Wildman–Crippen LogP) is 4.35. The summed E-state index contributed by atoms with van der Waals surface area (Å²) in [6, 6.07) is 3.38. The number of hydrogen-bond donors (Lipinski definition) is 1. The minimum atomic E-state index is -0.861. The van der Waals surface area contributed by atoms with Crippen LogP contribution in [0.4, 0.5) is 0 Å². The molecule has 1 heterocycles. The Morgan fingerprint density at radius 1 is 1.09 bits per heavy atom. The van der Waals surface area contributed by atoms with Crippen molar-refractivity contribution in [1.29, 1.82) is 0 Å². The molecule has 1 N–H and O–H groups in total. The summed E-state index contributed by atoms with van der Waals surface area (Å²) in [5.41, 5.74) is 2.02. The fraction of sp³-hybridized carbons (Fsp3) is 0.654. The van der Waals surface area contributed by atoms with Gasteiger partial charge in [0.1, 0.15) is 5.75 Å². The van der Waals surface area contributed by atoms with Gasteiger partial charge in [0.2, 0.25) is 12.2 Å². The molecule has 0 aromatic heterocycles. The van der Waals surface area contributed by atoms with Crippen molar-refractivity contribution in [3.63, 3.8) is 0 Å². The number of carbonyl (C=O) groups excluding carboxylic acids is 3. The molecule has 1 aliphatic heterocycles. The van der Waals surface area contributed by atoms with Crippen LogP contribution in [0.25, 0.3) is 0 Å². The van der Waals surface area contributed by atoms with Crippen LogP contribution in [0.3, 0.4) is 0 Å². The van der Waals surface area contributed by atoms with E-state index in [9.17, 15) is 14.4 Å². The summed E-state index contributed by atoms with van der Waals surface area (Å²) in [6.45, 7) is 16.7. The molecule has 1 amide bonds. The van der Waals surface area contributed by atoms with Gasteiger partial charge in [-0.1, -0.05) is 40.7 Å². The lowest BCUT2D eigenvalue weighted by atomic mass is 9.78. The molecule has 1 saturated heterocycles. The van der Waals surface area contributed by atoms with Gasteiger partial charge in [-0.3, -0.25) is 14.4 Å². The molecular weight excluding hydrogens is 422 g/mol. The first-order valence-corrected chi connectivity index (χ1v) is 11.7. The van der Waals surface area contributed by atoms with Crippen molar-refractivity contribution in [3.8, 4) is 5.75 Å². The number of hydrogen-bond acceptors (Lipinski definition) is 6. The smallest absolute Gasteiger partial charge is 0.309 e. The van der Waals surface area contributed by atoms with Gasteiger partial charge >= 0.3 is 11.9 Å². The van der Waals surface area contributed by atoms with Crippen molar-refractivity contribution in [1.82, 2.24) is 5.32 Å². The van der Waals surface area contributed by atoms with Crippen molar-refractivity contribution >= 4 is 17.8 Å². The molecule has 7 nitrogen and oxygen atoms in total. The van der Waals surface area contributed by atoms with Crippen molar-refractivity contribution in [3.05, 3.63) is 28.8 Å². The number of amides is 1. The molecule has 2 rings (SSSR count). The predicted molar refractivity (Wildman–Crippen MR) is 126 cm³/mol.